The van der Waals surface area contributed by atoms with Crippen LogP contribution in [0.2, 0.25) is 0 Å². The Balaban J connectivity index is 1.17. The molecule has 8 amide bonds. The third kappa shape index (κ3) is 7.72. The average Bonchev–Trinajstić information content (AvgIpc) is 3.22. The second-order valence-electron chi connectivity index (χ2n) is 13.0. The molecule has 21 heteroatoms. The van der Waals surface area contributed by atoms with Crippen LogP contribution in [0.4, 0.5) is 4.79 Å². The van der Waals surface area contributed by atoms with Crippen molar-refractivity contribution >= 4 is 71.5 Å². The molecule has 58 heavy (non-hydrogen) atoms. The Labute approximate surface area is 338 Å². The van der Waals surface area contributed by atoms with Gasteiger partial charge in [0, 0.05) is 53.7 Å². The summed E-state index contributed by atoms with van der Waals surface area (Å²) in [6.07, 6.45) is 3.34. The number of aliphatic carboxylic acids is 1. The van der Waals surface area contributed by atoms with E-state index in [1.807, 2.05) is 0 Å². The van der Waals surface area contributed by atoms with E-state index in [0.29, 0.717) is 15.4 Å². The van der Waals surface area contributed by atoms with Gasteiger partial charge in [0.2, 0.25) is 30.4 Å². The van der Waals surface area contributed by atoms with Crippen LogP contribution in [0.25, 0.3) is 0 Å². The number of carbonyl (C=O) groups excluding carboxylic acids is 8. The zero-order chi connectivity index (χ0) is 41.9. The lowest BCUT2D eigenvalue weighted by atomic mass is 9.94. The van der Waals surface area contributed by atoms with Gasteiger partial charge in [-0.2, -0.15) is 0 Å². The second-order valence-corrected chi connectivity index (χ2v) is 15.1. The number of carboxylic acid groups (broad SMARTS) is 1. The Hall–Kier alpha value is -6.61. The Morgan fingerprint density at radius 2 is 1.74 bits per heavy atom. The second kappa shape index (κ2) is 16.9. The number of benzene rings is 2. The highest BCUT2D eigenvalue weighted by atomic mass is 32.2. The summed E-state index contributed by atoms with van der Waals surface area (Å²) in [5, 5.41) is 39.3. The lowest BCUT2D eigenvalue weighted by molar-refractivity contribution is -0.679. The van der Waals surface area contributed by atoms with Crippen molar-refractivity contribution in [3.05, 3.63) is 95.5 Å². The number of aromatic nitrogens is 1. The van der Waals surface area contributed by atoms with Crippen molar-refractivity contribution in [1.29, 1.82) is 0 Å². The van der Waals surface area contributed by atoms with Crippen LogP contribution in [0.3, 0.4) is 0 Å². The molecular formula is C37H36N8O11S2. The highest BCUT2D eigenvalue weighted by Crippen LogP contribution is 2.46. The van der Waals surface area contributed by atoms with Gasteiger partial charge in [-0.1, -0.05) is 35.0 Å². The van der Waals surface area contributed by atoms with E-state index in [4.69, 9.17) is 0 Å². The number of phenols is 2. The fraction of sp³-hybridized carbons (Fsp3) is 0.270. The minimum atomic E-state index is -2.14. The van der Waals surface area contributed by atoms with Crippen LogP contribution in [0.5, 0.6) is 11.5 Å². The number of fused-ring (bicyclic) bond motifs is 1. The first-order valence-corrected chi connectivity index (χ1v) is 19.6. The van der Waals surface area contributed by atoms with Gasteiger partial charge in [-0.05, 0) is 36.3 Å². The highest BCUT2D eigenvalue weighted by Gasteiger charge is 2.65. The molecule has 5 N–H and O–H groups in total. The van der Waals surface area contributed by atoms with Crippen molar-refractivity contribution in [1.82, 2.24) is 30.7 Å². The van der Waals surface area contributed by atoms with Gasteiger partial charge in [0.15, 0.2) is 11.5 Å². The van der Waals surface area contributed by atoms with E-state index in [-0.39, 0.29) is 54.4 Å². The standard InChI is InChI=1S/C37H36N8O11S2/c1-3-42-15-16-44(32(52)31(42)51)36(56)39-27(21-7-5-4-6-8-21)29(49)40-37(38-20-46)34(55)45-28(33(53)54)23(19-58-35(37)45)18-57-24-11-13-43(14-12-24)41(2)30(50)22-9-10-25(47)26(48)17-22/h4-14,17,20,27,35H,3,15-16,18-19H2,1-2H3,(H5-,38,39,40,46,47,48,49,50,51,52,53,54,56)/t27-,35-,37-/m1/s1. The number of phenolic OH excluding ortho intramolecular Hbond substituents is 2. The van der Waals surface area contributed by atoms with Crippen molar-refractivity contribution in [3.63, 3.8) is 0 Å². The molecule has 1 aromatic heterocycles. The largest absolute Gasteiger partial charge is 0.543 e. The van der Waals surface area contributed by atoms with E-state index in [0.717, 1.165) is 22.7 Å². The molecule has 6 rings (SSSR count). The number of pyridine rings is 1. The minimum Gasteiger partial charge on any atom is -0.543 e. The smallest absolute Gasteiger partial charge is 0.325 e. The zero-order valence-corrected chi connectivity index (χ0v) is 32.5. The number of hydrogen-bond acceptors (Lipinski definition) is 13. The van der Waals surface area contributed by atoms with E-state index in [1.165, 1.54) is 57.7 Å². The van der Waals surface area contributed by atoms with Crippen molar-refractivity contribution in [2.45, 2.75) is 28.9 Å². The predicted octanol–water partition coefficient (Wildman–Crippen LogP) is -1.50. The SMILES string of the molecule is CCN1CCN(C(=O)N[C@@H](C(=O)N[C@]2(NC=O)C(=O)N3C(C(=O)[O-])=C(CSc4cc[n+](N(C)C(=O)c5ccc(O)c(O)c5)cc4)CS[C@@H]32)c2ccccc2)C(=O)C1=O. The third-order valence-electron chi connectivity index (χ3n) is 9.61. The van der Waals surface area contributed by atoms with Gasteiger partial charge < -0.3 is 41.0 Å². The lowest BCUT2D eigenvalue weighted by Crippen LogP contribution is -2.85. The van der Waals surface area contributed by atoms with Crippen LogP contribution in [0.15, 0.2) is 89.2 Å². The Bertz CT molecular complexity index is 2230. The normalized spacial score (nSPS) is 19.4. The maximum atomic E-state index is 14.0. The number of rotatable bonds is 13. The number of β-lactam (4-membered cyclic amide) rings is 1. The molecule has 302 valence electrons. The van der Waals surface area contributed by atoms with E-state index in [9.17, 15) is 53.7 Å². The molecule has 4 heterocycles. The molecular weight excluding hydrogens is 797 g/mol. The molecule has 0 bridgehead atoms. The number of nitrogens with zero attached hydrogens (tertiary/aromatic N) is 5. The Kier molecular flexibility index (Phi) is 11.9. The van der Waals surface area contributed by atoms with Gasteiger partial charge in [-0.25, -0.2) is 4.79 Å². The number of nitrogens with one attached hydrogen (secondary N) is 3. The summed E-state index contributed by atoms with van der Waals surface area (Å²) in [5.74, 6) is -6.76. The van der Waals surface area contributed by atoms with E-state index in [2.05, 4.69) is 16.0 Å². The summed E-state index contributed by atoms with van der Waals surface area (Å²) in [7, 11) is 1.50. The Morgan fingerprint density at radius 1 is 1.03 bits per heavy atom. The van der Waals surface area contributed by atoms with Gasteiger partial charge in [-0.3, -0.25) is 38.6 Å². The summed E-state index contributed by atoms with van der Waals surface area (Å²) in [4.78, 5) is 107. The number of urea groups is 1. The number of amides is 8. The molecule has 0 spiro atoms. The van der Waals surface area contributed by atoms with E-state index >= 15 is 0 Å². The zero-order valence-electron chi connectivity index (χ0n) is 30.8. The molecule has 19 nitrogen and oxygen atoms in total. The maximum Gasteiger partial charge on any atom is 0.325 e. The summed E-state index contributed by atoms with van der Waals surface area (Å²) in [6.45, 7) is 1.89. The summed E-state index contributed by atoms with van der Waals surface area (Å²) >= 11 is 2.30. The van der Waals surface area contributed by atoms with Crippen molar-refractivity contribution < 1.29 is 58.4 Å². The third-order valence-corrected chi connectivity index (χ3v) is 12.1. The van der Waals surface area contributed by atoms with Crippen LogP contribution in [-0.4, -0.2) is 122 Å². The fourth-order valence-electron chi connectivity index (χ4n) is 6.50. The molecule has 2 fully saturated rings. The monoisotopic (exact) mass is 832 g/mol. The van der Waals surface area contributed by atoms with Crippen LogP contribution >= 0.6 is 23.5 Å². The van der Waals surface area contributed by atoms with Crippen molar-refractivity contribution in [2.75, 3.05) is 43.2 Å². The van der Waals surface area contributed by atoms with Crippen LogP contribution in [0.1, 0.15) is 28.9 Å². The summed E-state index contributed by atoms with van der Waals surface area (Å²) in [6, 6.07) is 12.3. The summed E-state index contributed by atoms with van der Waals surface area (Å²) < 4.78 is 1.47. The quantitative estimate of drug-likeness (QED) is 0.0251. The molecule has 0 saturated carbocycles. The number of likely N-dealkylation sites (N-methyl/N-ethyl adjacent to an activating group) is 1. The van der Waals surface area contributed by atoms with Crippen LogP contribution in [-0.2, 0) is 28.8 Å². The van der Waals surface area contributed by atoms with Gasteiger partial charge in [0.1, 0.15) is 11.4 Å². The molecule has 0 unspecified atom stereocenters. The molecule has 3 aromatic rings. The Morgan fingerprint density at radius 3 is 2.38 bits per heavy atom. The molecule has 2 aromatic carbocycles. The highest BCUT2D eigenvalue weighted by molar-refractivity contribution is 8.01. The lowest BCUT2D eigenvalue weighted by Gasteiger charge is -2.57. The van der Waals surface area contributed by atoms with Crippen LogP contribution < -0.4 is 30.7 Å². The predicted molar refractivity (Wildman–Crippen MR) is 202 cm³/mol. The van der Waals surface area contributed by atoms with Gasteiger partial charge in [0.25, 0.3) is 5.91 Å². The number of thioether (sulfide) groups is 2. The topological polar surface area (TPSA) is 253 Å². The number of piperazine rings is 1. The minimum absolute atomic E-state index is 0.0468. The molecule has 0 radical (unpaired) electrons. The molecule has 2 saturated heterocycles. The number of carboxylic acids is 1. The summed E-state index contributed by atoms with van der Waals surface area (Å²) in [5.41, 5.74) is -1.90. The molecule has 3 aliphatic rings. The molecule has 3 aliphatic heterocycles. The van der Waals surface area contributed by atoms with E-state index in [1.54, 1.807) is 49.6 Å². The fourth-order valence-corrected chi connectivity index (χ4v) is 8.95. The molecule has 0 aliphatic carbocycles. The number of aromatic hydroxyl groups is 2. The van der Waals surface area contributed by atoms with Crippen molar-refractivity contribution in [3.8, 4) is 11.5 Å². The van der Waals surface area contributed by atoms with Crippen molar-refractivity contribution in [2.24, 2.45) is 0 Å². The average molecular weight is 833 g/mol. The first-order valence-electron chi connectivity index (χ1n) is 17.5. The van der Waals surface area contributed by atoms with Gasteiger partial charge in [-0.15, -0.1) is 28.5 Å². The first-order chi connectivity index (χ1) is 27.7. The molecule has 3 atom stereocenters. The number of hydrogen-bond donors (Lipinski definition) is 5. The number of carbonyl (C=O) groups is 8. The van der Waals surface area contributed by atoms with Gasteiger partial charge in [0.05, 0.1) is 18.7 Å². The van der Waals surface area contributed by atoms with Gasteiger partial charge >= 0.3 is 23.8 Å². The maximum absolute atomic E-state index is 14.0. The number of imide groups is 1. The van der Waals surface area contributed by atoms with Crippen LogP contribution in [0, 0.1) is 0 Å². The van der Waals surface area contributed by atoms with E-state index < -0.39 is 70.1 Å². The first kappa shape index (κ1) is 41.0.